The molecule has 0 amide bonds. The highest BCUT2D eigenvalue weighted by Gasteiger charge is 2.17. The first-order chi connectivity index (χ1) is 6.70. The predicted octanol–water partition coefficient (Wildman–Crippen LogP) is -0.971. The zero-order chi connectivity index (χ0) is 10.6. The van der Waals surface area contributed by atoms with E-state index in [4.69, 9.17) is 10.8 Å². The average molecular weight is 200 g/mol. The van der Waals surface area contributed by atoms with Crippen molar-refractivity contribution in [3.63, 3.8) is 0 Å². The highest BCUT2D eigenvalue weighted by atomic mass is 16.5. The number of nitrogen functional groups attached to an aromatic ring is 1. The number of rotatable bonds is 4. The summed E-state index contributed by atoms with van der Waals surface area (Å²) in [4.78, 5) is 11.1. The number of carbonyl (C=O) groups is 1. The molecule has 14 heavy (non-hydrogen) atoms. The molecule has 7 nitrogen and oxygen atoms in total. The van der Waals surface area contributed by atoms with E-state index in [9.17, 15) is 4.79 Å². The van der Waals surface area contributed by atoms with Gasteiger partial charge in [0.1, 0.15) is 0 Å². The lowest BCUT2D eigenvalue weighted by atomic mass is 10.4. The van der Waals surface area contributed by atoms with Gasteiger partial charge < -0.3 is 15.6 Å². The summed E-state index contributed by atoms with van der Waals surface area (Å²) < 4.78 is 5.80. The van der Waals surface area contributed by atoms with Gasteiger partial charge in [-0.15, -0.1) is 5.10 Å². The van der Waals surface area contributed by atoms with Crippen LogP contribution in [0.3, 0.4) is 0 Å². The SMILES string of the molecule is COC(=O)c1nnn(CCCO)c1N. The van der Waals surface area contributed by atoms with Crippen molar-refractivity contribution >= 4 is 11.8 Å². The maximum Gasteiger partial charge on any atom is 0.362 e. The van der Waals surface area contributed by atoms with E-state index in [0.717, 1.165) is 0 Å². The second-order valence-electron chi connectivity index (χ2n) is 2.62. The monoisotopic (exact) mass is 200 g/mol. The van der Waals surface area contributed by atoms with E-state index < -0.39 is 5.97 Å². The van der Waals surface area contributed by atoms with Gasteiger partial charge in [-0.05, 0) is 6.42 Å². The molecule has 1 heterocycles. The van der Waals surface area contributed by atoms with Crippen molar-refractivity contribution in [2.75, 3.05) is 19.5 Å². The molecule has 1 rings (SSSR count). The number of aryl methyl sites for hydroxylation is 1. The number of esters is 1. The van der Waals surface area contributed by atoms with Gasteiger partial charge in [0.2, 0.25) is 5.69 Å². The third kappa shape index (κ3) is 1.99. The van der Waals surface area contributed by atoms with E-state index in [1.807, 2.05) is 0 Å². The number of aliphatic hydroxyl groups is 1. The van der Waals surface area contributed by atoms with Gasteiger partial charge in [0, 0.05) is 13.2 Å². The third-order valence-electron chi connectivity index (χ3n) is 1.68. The van der Waals surface area contributed by atoms with Crippen molar-refractivity contribution < 1.29 is 14.6 Å². The Morgan fingerprint density at radius 2 is 2.43 bits per heavy atom. The molecule has 0 fully saturated rings. The molecule has 0 atom stereocenters. The molecule has 1 aromatic rings. The Balaban J connectivity index is 2.80. The Morgan fingerprint density at radius 3 is 3.00 bits per heavy atom. The van der Waals surface area contributed by atoms with Crippen molar-refractivity contribution in [2.24, 2.45) is 0 Å². The van der Waals surface area contributed by atoms with E-state index in [0.29, 0.717) is 13.0 Å². The fourth-order valence-electron chi connectivity index (χ4n) is 0.948. The molecular formula is C7H12N4O3. The van der Waals surface area contributed by atoms with Gasteiger partial charge in [0.25, 0.3) is 0 Å². The lowest BCUT2D eigenvalue weighted by Crippen LogP contribution is -2.09. The van der Waals surface area contributed by atoms with Crippen LogP contribution < -0.4 is 5.73 Å². The average Bonchev–Trinajstić information content (AvgIpc) is 2.56. The summed E-state index contributed by atoms with van der Waals surface area (Å²) >= 11 is 0. The van der Waals surface area contributed by atoms with Crippen molar-refractivity contribution in [2.45, 2.75) is 13.0 Å². The number of hydrogen-bond donors (Lipinski definition) is 2. The predicted molar refractivity (Wildman–Crippen MR) is 47.5 cm³/mol. The van der Waals surface area contributed by atoms with Crippen LogP contribution in [0.15, 0.2) is 0 Å². The number of methoxy groups -OCH3 is 1. The minimum absolute atomic E-state index is 0.00504. The summed E-state index contributed by atoms with van der Waals surface area (Å²) in [6, 6.07) is 0. The fourth-order valence-corrected chi connectivity index (χ4v) is 0.948. The Labute approximate surface area is 80.5 Å². The highest BCUT2D eigenvalue weighted by Crippen LogP contribution is 2.08. The summed E-state index contributed by atoms with van der Waals surface area (Å²) in [7, 11) is 1.24. The van der Waals surface area contributed by atoms with Gasteiger partial charge in [-0.2, -0.15) is 0 Å². The van der Waals surface area contributed by atoms with Gasteiger partial charge in [-0.25, -0.2) is 9.48 Å². The van der Waals surface area contributed by atoms with E-state index in [1.165, 1.54) is 11.8 Å². The zero-order valence-electron chi connectivity index (χ0n) is 7.80. The van der Waals surface area contributed by atoms with Crippen LogP contribution in [0.5, 0.6) is 0 Å². The molecule has 0 saturated carbocycles. The lowest BCUT2D eigenvalue weighted by molar-refractivity contribution is 0.0595. The van der Waals surface area contributed by atoms with Gasteiger partial charge in [0.05, 0.1) is 7.11 Å². The van der Waals surface area contributed by atoms with Crippen LogP contribution in [0.2, 0.25) is 0 Å². The number of aliphatic hydroxyl groups excluding tert-OH is 1. The Kier molecular flexibility index (Phi) is 3.41. The number of carbonyl (C=O) groups excluding carboxylic acids is 1. The molecule has 0 aliphatic heterocycles. The molecule has 0 bridgehead atoms. The standard InChI is InChI=1S/C7H12N4O3/c1-14-7(13)5-6(8)11(10-9-5)3-2-4-12/h12H,2-4,8H2,1H3. The van der Waals surface area contributed by atoms with Crippen LogP contribution in [-0.2, 0) is 11.3 Å². The number of nitrogens with zero attached hydrogens (tertiary/aromatic N) is 3. The smallest absolute Gasteiger partial charge is 0.362 e. The number of anilines is 1. The van der Waals surface area contributed by atoms with Gasteiger partial charge >= 0.3 is 5.97 Å². The molecule has 1 aromatic heterocycles. The van der Waals surface area contributed by atoms with Crippen molar-refractivity contribution in [1.29, 1.82) is 0 Å². The molecule has 0 saturated heterocycles. The summed E-state index contributed by atoms with van der Waals surface area (Å²) in [5, 5.41) is 15.8. The Hall–Kier alpha value is -1.63. The van der Waals surface area contributed by atoms with Crippen molar-refractivity contribution in [1.82, 2.24) is 15.0 Å². The minimum Gasteiger partial charge on any atom is -0.464 e. The first-order valence-electron chi connectivity index (χ1n) is 4.08. The summed E-state index contributed by atoms with van der Waals surface area (Å²) in [6.07, 6.45) is 0.508. The van der Waals surface area contributed by atoms with Gasteiger partial charge in [-0.1, -0.05) is 5.21 Å². The van der Waals surface area contributed by atoms with E-state index in [2.05, 4.69) is 15.0 Å². The quantitative estimate of drug-likeness (QED) is 0.606. The number of hydrogen-bond acceptors (Lipinski definition) is 6. The van der Waals surface area contributed by atoms with Crippen LogP contribution in [0.1, 0.15) is 16.9 Å². The molecular weight excluding hydrogens is 188 g/mol. The number of aromatic nitrogens is 3. The van der Waals surface area contributed by atoms with Crippen LogP contribution >= 0.6 is 0 Å². The molecule has 3 N–H and O–H groups in total. The molecule has 0 spiro atoms. The summed E-state index contributed by atoms with van der Waals surface area (Å²) in [5.74, 6) is -0.456. The Bertz CT molecular complexity index is 323. The normalized spacial score (nSPS) is 10.1. The molecule has 0 aliphatic rings. The molecule has 78 valence electrons. The number of nitrogens with two attached hydrogens (primary N) is 1. The second kappa shape index (κ2) is 4.56. The van der Waals surface area contributed by atoms with Gasteiger partial charge in [-0.3, -0.25) is 0 Å². The van der Waals surface area contributed by atoms with Crippen LogP contribution in [-0.4, -0.2) is 39.8 Å². The first kappa shape index (κ1) is 10.5. The number of ether oxygens (including phenoxy) is 1. The summed E-state index contributed by atoms with van der Waals surface area (Å²) in [5.41, 5.74) is 5.58. The topological polar surface area (TPSA) is 103 Å². The molecule has 0 radical (unpaired) electrons. The fraction of sp³-hybridized carbons (Fsp3) is 0.571. The molecule has 7 heteroatoms. The maximum atomic E-state index is 11.1. The van der Waals surface area contributed by atoms with Gasteiger partial charge in [0.15, 0.2) is 5.82 Å². The van der Waals surface area contributed by atoms with E-state index >= 15 is 0 Å². The van der Waals surface area contributed by atoms with E-state index in [-0.39, 0.29) is 18.1 Å². The van der Waals surface area contributed by atoms with E-state index in [1.54, 1.807) is 0 Å². The molecule has 0 unspecified atom stereocenters. The van der Waals surface area contributed by atoms with Crippen LogP contribution in [0, 0.1) is 0 Å². The zero-order valence-corrected chi connectivity index (χ0v) is 7.80. The second-order valence-corrected chi connectivity index (χ2v) is 2.62. The summed E-state index contributed by atoms with van der Waals surface area (Å²) in [6.45, 7) is 0.458. The Morgan fingerprint density at radius 1 is 1.71 bits per heavy atom. The first-order valence-corrected chi connectivity index (χ1v) is 4.08. The van der Waals surface area contributed by atoms with Crippen LogP contribution in [0.25, 0.3) is 0 Å². The largest absolute Gasteiger partial charge is 0.464 e. The van der Waals surface area contributed by atoms with Crippen LogP contribution in [0.4, 0.5) is 5.82 Å². The molecule has 0 aliphatic carbocycles. The van der Waals surface area contributed by atoms with Crippen molar-refractivity contribution in [3.8, 4) is 0 Å². The minimum atomic E-state index is -0.613. The molecule has 0 aromatic carbocycles. The van der Waals surface area contributed by atoms with Crippen molar-refractivity contribution in [3.05, 3.63) is 5.69 Å². The third-order valence-corrected chi connectivity index (χ3v) is 1.68. The highest BCUT2D eigenvalue weighted by molar-refractivity contribution is 5.91. The lowest BCUT2D eigenvalue weighted by Gasteiger charge is -2.00. The maximum absolute atomic E-state index is 11.1.